The number of likely N-dealkylation sites (tertiary alicyclic amines) is 1. The number of amides is 1. The van der Waals surface area contributed by atoms with Crippen molar-refractivity contribution in [3.8, 4) is 6.07 Å². The molecule has 2 fully saturated rings. The number of carbonyl (C=O) groups is 1. The summed E-state index contributed by atoms with van der Waals surface area (Å²) in [5, 5.41) is 9.27. The summed E-state index contributed by atoms with van der Waals surface area (Å²) in [6, 6.07) is 2.26. The minimum absolute atomic E-state index is 0.0685. The molecule has 100 valence electrons. The second-order valence-corrected chi connectivity index (χ2v) is 5.90. The summed E-state index contributed by atoms with van der Waals surface area (Å²) in [7, 11) is 1.72. The Morgan fingerprint density at radius 2 is 2.06 bits per heavy atom. The fourth-order valence-electron chi connectivity index (χ4n) is 3.28. The van der Waals surface area contributed by atoms with E-state index in [0.29, 0.717) is 11.8 Å². The topological polar surface area (TPSA) is 53.3 Å². The van der Waals surface area contributed by atoms with E-state index < -0.39 is 5.41 Å². The summed E-state index contributed by atoms with van der Waals surface area (Å²) in [4.78, 5) is 14.3. The molecule has 1 saturated heterocycles. The van der Waals surface area contributed by atoms with Crippen molar-refractivity contribution in [1.29, 1.82) is 5.26 Å². The number of carbonyl (C=O) groups excluding carboxylic acids is 1. The molecule has 1 amide bonds. The second kappa shape index (κ2) is 5.27. The molecule has 0 aromatic heterocycles. The number of piperidine rings is 1. The molecule has 0 aromatic rings. The monoisotopic (exact) mass is 250 g/mol. The summed E-state index contributed by atoms with van der Waals surface area (Å²) in [5.74, 6) is 1.15. The van der Waals surface area contributed by atoms with Crippen LogP contribution in [0.3, 0.4) is 0 Å². The number of methoxy groups -OCH3 is 1. The van der Waals surface area contributed by atoms with Gasteiger partial charge < -0.3 is 9.64 Å². The third-order valence-electron chi connectivity index (χ3n) is 4.32. The third kappa shape index (κ3) is 2.37. The van der Waals surface area contributed by atoms with Crippen LogP contribution in [0.25, 0.3) is 0 Å². The van der Waals surface area contributed by atoms with E-state index in [1.54, 1.807) is 7.11 Å². The number of nitrogens with zero attached hydrogens (tertiary/aromatic N) is 2. The van der Waals surface area contributed by atoms with Crippen LogP contribution in [0.4, 0.5) is 0 Å². The Labute approximate surface area is 109 Å². The SMILES string of the molecule is COCC1CCN(C(=O)C2(C#N)CC(C)C2)CC1. The summed E-state index contributed by atoms with van der Waals surface area (Å²) >= 11 is 0. The molecule has 1 heterocycles. The van der Waals surface area contributed by atoms with Crippen LogP contribution in [0, 0.1) is 28.6 Å². The van der Waals surface area contributed by atoms with E-state index in [0.717, 1.165) is 45.4 Å². The fraction of sp³-hybridized carbons (Fsp3) is 0.857. The van der Waals surface area contributed by atoms with Crippen LogP contribution in [0.2, 0.25) is 0 Å². The van der Waals surface area contributed by atoms with Gasteiger partial charge in [0.1, 0.15) is 5.41 Å². The molecule has 2 rings (SSSR count). The number of hydrogen-bond acceptors (Lipinski definition) is 3. The van der Waals surface area contributed by atoms with Gasteiger partial charge in [-0.15, -0.1) is 0 Å². The van der Waals surface area contributed by atoms with Crippen molar-refractivity contribution in [1.82, 2.24) is 4.90 Å². The van der Waals surface area contributed by atoms with Gasteiger partial charge in [-0.2, -0.15) is 5.26 Å². The van der Waals surface area contributed by atoms with Crippen LogP contribution in [0.1, 0.15) is 32.6 Å². The van der Waals surface area contributed by atoms with Crippen molar-refractivity contribution in [3.05, 3.63) is 0 Å². The van der Waals surface area contributed by atoms with Crippen LogP contribution < -0.4 is 0 Å². The highest BCUT2D eigenvalue weighted by Crippen LogP contribution is 2.46. The summed E-state index contributed by atoms with van der Waals surface area (Å²) in [5.41, 5.74) is -0.701. The lowest BCUT2D eigenvalue weighted by atomic mass is 9.62. The van der Waals surface area contributed by atoms with Crippen molar-refractivity contribution in [2.75, 3.05) is 26.8 Å². The quantitative estimate of drug-likeness (QED) is 0.767. The molecule has 0 unspecified atom stereocenters. The van der Waals surface area contributed by atoms with Crippen molar-refractivity contribution in [3.63, 3.8) is 0 Å². The Morgan fingerprint density at radius 3 is 2.50 bits per heavy atom. The first kappa shape index (κ1) is 13.4. The average Bonchev–Trinajstić information content (AvgIpc) is 2.35. The Balaban J connectivity index is 1.90. The molecule has 1 aliphatic carbocycles. The van der Waals surface area contributed by atoms with Crippen molar-refractivity contribution >= 4 is 5.91 Å². The van der Waals surface area contributed by atoms with Gasteiger partial charge in [0.05, 0.1) is 6.07 Å². The molecule has 18 heavy (non-hydrogen) atoms. The zero-order valence-electron chi connectivity index (χ0n) is 11.3. The Morgan fingerprint density at radius 1 is 1.44 bits per heavy atom. The second-order valence-electron chi connectivity index (χ2n) is 5.90. The van der Waals surface area contributed by atoms with E-state index in [2.05, 4.69) is 13.0 Å². The van der Waals surface area contributed by atoms with Crippen LogP contribution >= 0.6 is 0 Å². The van der Waals surface area contributed by atoms with Gasteiger partial charge in [-0.05, 0) is 37.5 Å². The average molecular weight is 250 g/mol. The lowest BCUT2D eigenvalue weighted by Gasteiger charge is -2.44. The molecule has 0 aromatic carbocycles. The molecule has 4 heteroatoms. The molecule has 0 N–H and O–H groups in total. The van der Waals surface area contributed by atoms with E-state index >= 15 is 0 Å². The zero-order chi connectivity index (χ0) is 13.2. The van der Waals surface area contributed by atoms with E-state index in [4.69, 9.17) is 4.74 Å². The van der Waals surface area contributed by atoms with E-state index in [1.807, 2.05) is 4.90 Å². The summed E-state index contributed by atoms with van der Waals surface area (Å²) < 4.78 is 5.16. The molecular weight excluding hydrogens is 228 g/mol. The highest BCUT2D eigenvalue weighted by Gasteiger charge is 2.50. The van der Waals surface area contributed by atoms with Gasteiger partial charge in [0.25, 0.3) is 0 Å². The van der Waals surface area contributed by atoms with Gasteiger partial charge in [-0.1, -0.05) is 6.92 Å². The highest BCUT2D eigenvalue weighted by molar-refractivity contribution is 5.86. The maximum Gasteiger partial charge on any atom is 0.243 e. The zero-order valence-corrected chi connectivity index (χ0v) is 11.3. The first-order valence-electron chi connectivity index (χ1n) is 6.81. The number of ether oxygens (including phenoxy) is 1. The minimum Gasteiger partial charge on any atom is -0.384 e. The largest absolute Gasteiger partial charge is 0.384 e. The molecule has 1 aliphatic heterocycles. The predicted molar refractivity (Wildman–Crippen MR) is 67.6 cm³/mol. The van der Waals surface area contributed by atoms with Gasteiger partial charge >= 0.3 is 0 Å². The van der Waals surface area contributed by atoms with Crippen LogP contribution in [-0.4, -0.2) is 37.6 Å². The van der Waals surface area contributed by atoms with Crippen molar-refractivity contribution in [2.45, 2.75) is 32.6 Å². The Kier molecular flexibility index (Phi) is 3.91. The van der Waals surface area contributed by atoms with Crippen LogP contribution in [0.15, 0.2) is 0 Å². The summed E-state index contributed by atoms with van der Waals surface area (Å²) in [6.07, 6.45) is 3.47. The molecule has 0 bridgehead atoms. The van der Waals surface area contributed by atoms with Gasteiger partial charge in [-0.3, -0.25) is 4.79 Å². The first-order valence-corrected chi connectivity index (χ1v) is 6.81. The molecule has 0 radical (unpaired) electrons. The standard InChI is InChI=1S/C14H22N2O2/c1-11-7-14(8-11,10-15)13(17)16-5-3-12(4-6-16)9-18-2/h11-12H,3-9H2,1-2H3. The maximum absolute atomic E-state index is 12.4. The van der Waals surface area contributed by atoms with E-state index in [9.17, 15) is 10.1 Å². The lowest BCUT2D eigenvalue weighted by Crippen LogP contribution is -2.52. The molecular formula is C14H22N2O2. The molecule has 0 atom stereocenters. The fourth-order valence-corrected chi connectivity index (χ4v) is 3.28. The lowest BCUT2D eigenvalue weighted by molar-refractivity contribution is -0.147. The van der Waals surface area contributed by atoms with Crippen molar-refractivity contribution in [2.24, 2.45) is 17.3 Å². The van der Waals surface area contributed by atoms with Gasteiger partial charge in [0, 0.05) is 26.8 Å². The smallest absolute Gasteiger partial charge is 0.243 e. The van der Waals surface area contributed by atoms with Gasteiger partial charge in [-0.25, -0.2) is 0 Å². The molecule has 4 nitrogen and oxygen atoms in total. The minimum atomic E-state index is -0.701. The van der Waals surface area contributed by atoms with E-state index in [1.165, 1.54) is 0 Å². The number of nitriles is 1. The molecule has 2 aliphatic rings. The molecule has 0 spiro atoms. The normalized spacial score (nSPS) is 32.7. The van der Waals surface area contributed by atoms with Crippen molar-refractivity contribution < 1.29 is 9.53 Å². The number of hydrogen-bond donors (Lipinski definition) is 0. The Bertz CT molecular complexity index is 347. The summed E-state index contributed by atoms with van der Waals surface area (Å²) in [6.45, 7) is 4.45. The Hall–Kier alpha value is -1.08. The third-order valence-corrected chi connectivity index (χ3v) is 4.32. The highest BCUT2D eigenvalue weighted by atomic mass is 16.5. The predicted octanol–water partition coefficient (Wildman–Crippen LogP) is 1.81. The number of rotatable bonds is 3. The van der Waals surface area contributed by atoms with Gasteiger partial charge in [0.2, 0.25) is 5.91 Å². The van der Waals surface area contributed by atoms with Gasteiger partial charge in [0.15, 0.2) is 0 Å². The van der Waals surface area contributed by atoms with Crippen LogP contribution in [-0.2, 0) is 9.53 Å². The van der Waals surface area contributed by atoms with Crippen LogP contribution in [0.5, 0.6) is 0 Å². The first-order chi connectivity index (χ1) is 8.61. The van der Waals surface area contributed by atoms with E-state index in [-0.39, 0.29) is 5.91 Å². The molecule has 1 saturated carbocycles. The maximum atomic E-state index is 12.4.